The van der Waals surface area contributed by atoms with Crippen LogP contribution in [0.1, 0.15) is 19.7 Å². The smallest absolute Gasteiger partial charge is 0.249 e. The quantitative estimate of drug-likeness (QED) is 0.414. The maximum absolute atomic E-state index is 13.1. The lowest BCUT2D eigenvalue weighted by molar-refractivity contribution is -0.134. The molecule has 0 aliphatic carbocycles. The van der Waals surface area contributed by atoms with Crippen LogP contribution in [0.5, 0.6) is 5.75 Å². The number of hydrogen-bond donors (Lipinski definition) is 0. The zero-order valence-electron chi connectivity index (χ0n) is 17.6. The van der Waals surface area contributed by atoms with Crippen molar-refractivity contribution in [1.82, 2.24) is 19.7 Å². The highest BCUT2D eigenvalue weighted by Crippen LogP contribution is 2.27. The Hall–Kier alpha value is -3.32. The first kappa shape index (κ1) is 20.9. The zero-order chi connectivity index (χ0) is 22.0. The maximum Gasteiger partial charge on any atom is 0.249 e. The predicted molar refractivity (Wildman–Crippen MR) is 119 cm³/mol. The first-order valence-corrected chi connectivity index (χ1v) is 10.3. The largest absolute Gasteiger partial charge is 0.497 e. The van der Waals surface area contributed by atoms with Gasteiger partial charge in [0, 0.05) is 23.1 Å². The highest BCUT2D eigenvalue weighted by Gasteiger charge is 2.22. The van der Waals surface area contributed by atoms with Crippen molar-refractivity contribution < 1.29 is 13.9 Å². The Morgan fingerprint density at radius 2 is 2.00 bits per heavy atom. The van der Waals surface area contributed by atoms with Crippen LogP contribution >= 0.6 is 11.6 Å². The second kappa shape index (κ2) is 8.81. The molecule has 160 valence electrons. The van der Waals surface area contributed by atoms with Crippen LogP contribution in [0.3, 0.4) is 0 Å². The first-order chi connectivity index (χ1) is 15.0. The summed E-state index contributed by atoms with van der Waals surface area (Å²) in [5.74, 6) is 1.44. The molecule has 0 N–H and O–H groups in total. The lowest BCUT2D eigenvalue weighted by Gasteiger charge is -2.25. The van der Waals surface area contributed by atoms with E-state index in [-0.39, 0.29) is 25.0 Å². The van der Waals surface area contributed by atoms with Gasteiger partial charge in [-0.15, -0.1) is 10.2 Å². The van der Waals surface area contributed by atoms with Crippen LogP contribution in [0.25, 0.3) is 22.4 Å². The molecule has 4 rings (SSSR count). The molecular weight excluding hydrogens is 416 g/mol. The van der Waals surface area contributed by atoms with E-state index in [4.69, 9.17) is 20.8 Å². The van der Waals surface area contributed by atoms with Gasteiger partial charge in [0.15, 0.2) is 0 Å². The minimum Gasteiger partial charge on any atom is -0.497 e. The average molecular weight is 439 g/mol. The SMILES string of the molecule is COc1ccc2c(ccn2CC(=O)N(Cc2nnc(-c3ccccc3Cl)o2)C(C)C)c1. The summed E-state index contributed by atoms with van der Waals surface area (Å²) >= 11 is 6.22. The second-order valence-corrected chi connectivity index (χ2v) is 7.87. The molecule has 4 aromatic rings. The number of hydrogen-bond acceptors (Lipinski definition) is 5. The molecule has 2 aromatic heterocycles. The zero-order valence-corrected chi connectivity index (χ0v) is 18.3. The van der Waals surface area contributed by atoms with Gasteiger partial charge in [-0.25, -0.2) is 0 Å². The van der Waals surface area contributed by atoms with E-state index >= 15 is 0 Å². The summed E-state index contributed by atoms with van der Waals surface area (Å²) in [6.07, 6.45) is 1.91. The Balaban J connectivity index is 1.52. The topological polar surface area (TPSA) is 73.4 Å². The van der Waals surface area contributed by atoms with Crippen LogP contribution in [0.2, 0.25) is 5.02 Å². The lowest BCUT2D eigenvalue weighted by atomic mass is 10.2. The number of nitrogens with zero attached hydrogens (tertiary/aromatic N) is 4. The molecular formula is C23H23ClN4O3. The van der Waals surface area contributed by atoms with Gasteiger partial charge in [0.1, 0.15) is 12.3 Å². The number of carbonyl (C=O) groups is 1. The summed E-state index contributed by atoms with van der Waals surface area (Å²) in [5.41, 5.74) is 1.64. The maximum atomic E-state index is 13.1. The summed E-state index contributed by atoms with van der Waals surface area (Å²) in [5, 5.41) is 9.76. The minimum absolute atomic E-state index is 0.0370. The van der Waals surface area contributed by atoms with E-state index in [0.29, 0.717) is 22.4 Å². The molecule has 0 fully saturated rings. The molecule has 0 bridgehead atoms. The molecule has 31 heavy (non-hydrogen) atoms. The number of amides is 1. The summed E-state index contributed by atoms with van der Waals surface area (Å²) in [6, 6.07) is 15.0. The van der Waals surface area contributed by atoms with Gasteiger partial charge in [-0.3, -0.25) is 4.79 Å². The molecule has 7 nitrogen and oxygen atoms in total. The third kappa shape index (κ3) is 4.41. The fourth-order valence-corrected chi connectivity index (χ4v) is 3.66. The number of methoxy groups -OCH3 is 1. The van der Waals surface area contributed by atoms with Crippen LogP contribution in [-0.4, -0.2) is 38.7 Å². The standard InChI is InChI=1S/C23H23ClN4O3/c1-15(2)28(13-21-25-26-23(31-21)18-6-4-5-7-19(18)24)22(29)14-27-11-10-16-12-17(30-3)8-9-20(16)27/h4-12,15H,13-14H2,1-3H3. The third-order valence-corrected chi connectivity index (χ3v) is 5.43. The Morgan fingerprint density at radius 1 is 1.19 bits per heavy atom. The average Bonchev–Trinajstić information content (AvgIpc) is 3.38. The Bertz CT molecular complexity index is 1210. The fourth-order valence-electron chi connectivity index (χ4n) is 3.45. The van der Waals surface area contributed by atoms with Crippen molar-refractivity contribution in [3.8, 4) is 17.2 Å². The Kier molecular flexibility index (Phi) is 5.95. The molecule has 0 unspecified atom stereocenters. The highest BCUT2D eigenvalue weighted by molar-refractivity contribution is 6.33. The van der Waals surface area contributed by atoms with Crippen LogP contribution in [0.4, 0.5) is 0 Å². The van der Waals surface area contributed by atoms with Gasteiger partial charge >= 0.3 is 0 Å². The molecule has 0 saturated carbocycles. The summed E-state index contributed by atoms with van der Waals surface area (Å²) in [6.45, 7) is 4.35. The van der Waals surface area contributed by atoms with Gasteiger partial charge in [0.2, 0.25) is 17.7 Å². The van der Waals surface area contributed by atoms with Crippen molar-refractivity contribution in [2.45, 2.75) is 33.0 Å². The number of rotatable bonds is 7. The Morgan fingerprint density at radius 3 is 2.74 bits per heavy atom. The predicted octanol–water partition coefficient (Wildman–Crippen LogP) is 4.79. The second-order valence-electron chi connectivity index (χ2n) is 7.46. The molecule has 0 saturated heterocycles. The molecule has 0 spiro atoms. The van der Waals surface area contributed by atoms with Gasteiger partial charge in [-0.2, -0.15) is 0 Å². The van der Waals surface area contributed by atoms with Crippen LogP contribution in [0.15, 0.2) is 59.1 Å². The highest BCUT2D eigenvalue weighted by atomic mass is 35.5. The summed E-state index contributed by atoms with van der Waals surface area (Å²) < 4.78 is 13.0. The molecule has 1 amide bonds. The van der Waals surface area contributed by atoms with Crippen molar-refractivity contribution in [2.24, 2.45) is 0 Å². The minimum atomic E-state index is -0.0409. The molecule has 8 heteroatoms. The van der Waals surface area contributed by atoms with Crippen molar-refractivity contribution in [3.05, 3.63) is 65.6 Å². The van der Waals surface area contributed by atoms with E-state index in [2.05, 4.69) is 10.2 Å². The number of benzene rings is 2. The van der Waals surface area contributed by atoms with Crippen molar-refractivity contribution in [3.63, 3.8) is 0 Å². The number of ether oxygens (including phenoxy) is 1. The molecule has 2 heterocycles. The van der Waals surface area contributed by atoms with Gasteiger partial charge in [0.05, 0.1) is 24.2 Å². The first-order valence-electron chi connectivity index (χ1n) is 9.96. The van der Waals surface area contributed by atoms with Gasteiger partial charge < -0.3 is 18.6 Å². The fraction of sp³-hybridized carbons (Fsp3) is 0.261. The van der Waals surface area contributed by atoms with Crippen molar-refractivity contribution in [1.29, 1.82) is 0 Å². The van der Waals surface area contributed by atoms with E-state index in [9.17, 15) is 4.79 Å². The lowest BCUT2D eigenvalue weighted by Crippen LogP contribution is -2.38. The Labute approximate surface area is 185 Å². The molecule has 0 radical (unpaired) electrons. The van der Waals surface area contributed by atoms with Crippen molar-refractivity contribution >= 4 is 28.4 Å². The van der Waals surface area contributed by atoms with Gasteiger partial charge in [-0.05, 0) is 50.2 Å². The summed E-state index contributed by atoms with van der Waals surface area (Å²) in [7, 11) is 1.64. The monoisotopic (exact) mass is 438 g/mol. The summed E-state index contributed by atoms with van der Waals surface area (Å²) in [4.78, 5) is 14.8. The van der Waals surface area contributed by atoms with Gasteiger partial charge in [0.25, 0.3) is 0 Å². The van der Waals surface area contributed by atoms with Gasteiger partial charge in [-0.1, -0.05) is 23.7 Å². The molecule has 2 aromatic carbocycles. The molecule has 0 atom stereocenters. The van der Waals surface area contributed by atoms with Crippen LogP contribution in [-0.2, 0) is 17.9 Å². The third-order valence-electron chi connectivity index (χ3n) is 5.10. The van der Waals surface area contributed by atoms with E-state index < -0.39 is 0 Å². The van der Waals surface area contributed by atoms with E-state index in [0.717, 1.165) is 16.7 Å². The normalized spacial score (nSPS) is 11.3. The number of halogens is 1. The van der Waals surface area contributed by atoms with E-state index in [1.807, 2.05) is 67.1 Å². The van der Waals surface area contributed by atoms with Crippen LogP contribution < -0.4 is 4.74 Å². The van der Waals surface area contributed by atoms with Crippen LogP contribution in [0, 0.1) is 0 Å². The number of aromatic nitrogens is 3. The molecule has 0 aliphatic heterocycles. The van der Waals surface area contributed by atoms with E-state index in [1.54, 1.807) is 18.1 Å². The number of carbonyl (C=O) groups excluding carboxylic acids is 1. The molecule has 0 aliphatic rings. The number of fused-ring (bicyclic) bond motifs is 1. The van der Waals surface area contributed by atoms with E-state index in [1.165, 1.54) is 0 Å². The van der Waals surface area contributed by atoms with Crippen molar-refractivity contribution in [2.75, 3.05) is 7.11 Å².